The highest BCUT2D eigenvalue weighted by atomic mass is 35.7. The molecule has 0 atom stereocenters. The molecule has 0 saturated heterocycles. The summed E-state index contributed by atoms with van der Waals surface area (Å²) in [6, 6.07) is 2.98. The SMILES string of the molecule is COCCNC(=O)COc1cc(C)c(S(=O)(=O)Cl)cc1C. The molecule has 0 radical (unpaired) electrons. The second-order valence-corrected chi connectivity index (χ2v) is 6.99. The molecule has 118 valence electrons. The van der Waals surface area contributed by atoms with Crippen LogP contribution in [0.15, 0.2) is 17.0 Å². The Kier molecular flexibility index (Phi) is 6.44. The molecule has 0 aliphatic rings. The van der Waals surface area contributed by atoms with Gasteiger partial charge in [-0.25, -0.2) is 8.42 Å². The maximum Gasteiger partial charge on any atom is 0.261 e. The van der Waals surface area contributed by atoms with Crippen LogP contribution in [-0.2, 0) is 18.6 Å². The molecule has 21 heavy (non-hydrogen) atoms. The topological polar surface area (TPSA) is 81.7 Å². The Hall–Kier alpha value is -1.31. The molecule has 8 heteroatoms. The lowest BCUT2D eigenvalue weighted by molar-refractivity contribution is -0.123. The highest BCUT2D eigenvalue weighted by Gasteiger charge is 2.16. The van der Waals surface area contributed by atoms with E-state index in [1.807, 2.05) is 0 Å². The van der Waals surface area contributed by atoms with Gasteiger partial charge in [0.1, 0.15) is 5.75 Å². The first kappa shape index (κ1) is 17.7. The fourth-order valence-electron chi connectivity index (χ4n) is 1.67. The van der Waals surface area contributed by atoms with E-state index < -0.39 is 9.05 Å². The fourth-order valence-corrected chi connectivity index (χ4v) is 2.93. The smallest absolute Gasteiger partial charge is 0.261 e. The number of hydrogen-bond donors (Lipinski definition) is 1. The maximum atomic E-state index is 11.5. The molecule has 1 aromatic carbocycles. The van der Waals surface area contributed by atoms with Gasteiger partial charge in [-0.1, -0.05) is 0 Å². The van der Waals surface area contributed by atoms with Crippen LogP contribution in [0.2, 0.25) is 0 Å². The van der Waals surface area contributed by atoms with Crippen LogP contribution >= 0.6 is 10.7 Å². The van der Waals surface area contributed by atoms with Gasteiger partial charge < -0.3 is 14.8 Å². The highest BCUT2D eigenvalue weighted by molar-refractivity contribution is 8.13. The third-order valence-electron chi connectivity index (χ3n) is 2.72. The molecule has 6 nitrogen and oxygen atoms in total. The van der Waals surface area contributed by atoms with Crippen molar-refractivity contribution in [3.05, 3.63) is 23.3 Å². The van der Waals surface area contributed by atoms with Crippen molar-refractivity contribution in [1.82, 2.24) is 5.32 Å². The molecule has 0 fully saturated rings. The number of ether oxygens (including phenoxy) is 2. The standard InChI is InChI=1S/C13H18ClNO5S/c1-9-7-12(21(14,17)18)10(2)6-11(9)20-8-13(16)15-4-5-19-3/h6-7H,4-5,8H2,1-3H3,(H,15,16). The molecular formula is C13H18ClNO5S. The van der Waals surface area contributed by atoms with E-state index >= 15 is 0 Å². The first-order chi connectivity index (χ1) is 9.75. The van der Waals surface area contributed by atoms with Crippen molar-refractivity contribution < 1.29 is 22.7 Å². The lowest BCUT2D eigenvalue weighted by atomic mass is 10.1. The summed E-state index contributed by atoms with van der Waals surface area (Å²) >= 11 is 0. The summed E-state index contributed by atoms with van der Waals surface area (Å²) in [5.41, 5.74) is 1.05. The molecule has 0 saturated carbocycles. The number of nitrogens with one attached hydrogen (secondary N) is 1. The number of carbonyl (C=O) groups excluding carboxylic acids is 1. The predicted octanol–water partition coefficient (Wildman–Crippen LogP) is 1.37. The van der Waals surface area contributed by atoms with Gasteiger partial charge in [0.05, 0.1) is 11.5 Å². The van der Waals surface area contributed by atoms with E-state index in [1.54, 1.807) is 27.0 Å². The van der Waals surface area contributed by atoms with Crippen molar-refractivity contribution >= 4 is 25.6 Å². The quantitative estimate of drug-likeness (QED) is 0.601. The van der Waals surface area contributed by atoms with Crippen molar-refractivity contribution in [3.63, 3.8) is 0 Å². The summed E-state index contributed by atoms with van der Waals surface area (Å²) < 4.78 is 33.0. The molecule has 0 heterocycles. The van der Waals surface area contributed by atoms with E-state index in [-0.39, 0.29) is 17.4 Å². The van der Waals surface area contributed by atoms with Gasteiger partial charge >= 0.3 is 0 Å². The normalized spacial score (nSPS) is 11.2. The van der Waals surface area contributed by atoms with Gasteiger partial charge in [0, 0.05) is 24.3 Å². The number of hydrogen-bond acceptors (Lipinski definition) is 5. The molecule has 1 rings (SSSR count). The van der Waals surface area contributed by atoms with Crippen molar-refractivity contribution in [2.24, 2.45) is 0 Å². The summed E-state index contributed by atoms with van der Waals surface area (Å²) in [4.78, 5) is 11.5. The number of rotatable bonds is 7. The number of halogens is 1. The predicted molar refractivity (Wildman–Crippen MR) is 79.3 cm³/mol. The Morgan fingerprint density at radius 3 is 2.52 bits per heavy atom. The Labute approximate surface area is 128 Å². The van der Waals surface area contributed by atoms with Gasteiger partial charge in [0.25, 0.3) is 15.0 Å². The zero-order chi connectivity index (χ0) is 16.0. The molecule has 0 aromatic heterocycles. The molecule has 0 bridgehead atoms. The largest absolute Gasteiger partial charge is 0.483 e. The van der Waals surface area contributed by atoms with Gasteiger partial charge in [-0.2, -0.15) is 0 Å². The number of aryl methyl sites for hydroxylation is 2. The van der Waals surface area contributed by atoms with E-state index in [2.05, 4.69) is 5.32 Å². The summed E-state index contributed by atoms with van der Waals surface area (Å²) in [6.07, 6.45) is 0. The van der Waals surface area contributed by atoms with Gasteiger partial charge in [0.15, 0.2) is 6.61 Å². The molecule has 1 amide bonds. The molecule has 1 aromatic rings. The van der Waals surface area contributed by atoms with Crippen LogP contribution in [0.4, 0.5) is 0 Å². The average molecular weight is 336 g/mol. The van der Waals surface area contributed by atoms with Crippen molar-refractivity contribution in [3.8, 4) is 5.75 Å². The minimum Gasteiger partial charge on any atom is -0.483 e. The van der Waals surface area contributed by atoms with Gasteiger partial charge in [-0.05, 0) is 37.1 Å². The second kappa shape index (κ2) is 7.63. The lowest BCUT2D eigenvalue weighted by Gasteiger charge is -2.12. The summed E-state index contributed by atoms with van der Waals surface area (Å²) in [5.74, 6) is 0.164. The minimum atomic E-state index is -3.80. The molecular weight excluding hydrogens is 318 g/mol. The number of carbonyl (C=O) groups is 1. The Bertz CT molecular complexity index is 615. The van der Waals surface area contributed by atoms with Crippen molar-refractivity contribution in [2.45, 2.75) is 18.7 Å². The lowest BCUT2D eigenvalue weighted by Crippen LogP contribution is -2.31. The van der Waals surface area contributed by atoms with Gasteiger partial charge in [-0.15, -0.1) is 0 Å². The Morgan fingerprint density at radius 2 is 1.95 bits per heavy atom. The third kappa shape index (κ3) is 5.53. The molecule has 0 aliphatic carbocycles. The van der Waals surface area contributed by atoms with E-state index in [1.165, 1.54) is 6.07 Å². The number of methoxy groups -OCH3 is 1. The van der Waals surface area contributed by atoms with Crippen LogP contribution in [0, 0.1) is 13.8 Å². The number of amides is 1. The maximum absolute atomic E-state index is 11.5. The van der Waals surface area contributed by atoms with E-state index in [4.69, 9.17) is 20.2 Å². The first-order valence-corrected chi connectivity index (χ1v) is 8.51. The molecule has 1 N–H and O–H groups in total. The average Bonchev–Trinajstić information content (AvgIpc) is 2.38. The van der Waals surface area contributed by atoms with Crippen molar-refractivity contribution in [1.29, 1.82) is 0 Å². The zero-order valence-corrected chi connectivity index (χ0v) is 13.7. The van der Waals surface area contributed by atoms with Crippen molar-refractivity contribution in [2.75, 3.05) is 26.9 Å². The molecule has 0 aliphatic heterocycles. The Balaban J connectivity index is 2.73. The first-order valence-electron chi connectivity index (χ1n) is 6.20. The van der Waals surface area contributed by atoms with Crippen LogP contribution in [0.25, 0.3) is 0 Å². The van der Waals surface area contributed by atoms with Crippen LogP contribution in [-0.4, -0.2) is 41.2 Å². The van der Waals surface area contributed by atoms with Gasteiger partial charge in [-0.3, -0.25) is 4.79 Å². The third-order valence-corrected chi connectivity index (χ3v) is 4.19. The van der Waals surface area contributed by atoms with Crippen LogP contribution in [0.1, 0.15) is 11.1 Å². The van der Waals surface area contributed by atoms with Crippen LogP contribution in [0.3, 0.4) is 0 Å². The minimum absolute atomic E-state index is 0.0403. The number of benzene rings is 1. The van der Waals surface area contributed by atoms with Gasteiger partial charge in [0.2, 0.25) is 0 Å². The summed E-state index contributed by atoms with van der Waals surface area (Å²) in [5, 5.41) is 2.62. The Morgan fingerprint density at radius 1 is 1.29 bits per heavy atom. The monoisotopic (exact) mass is 335 g/mol. The van der Waals surface area contributed by atoms with E-state index in [0.717, 1.165) is 0 Å². The van der Waals surface area contributed by atoms with E-state index in [0.29, 0.717) is 30.0 Å². The highest BCUT2D eigenvalue weighted by Crippen LogP contribution is 2.27. The molecule has 0 unspecified atom stereocenters. The summed E-state index contributed by atoms with van der Waals surface area (Å²) in [6.45, 7) is 3.96. The molecule has 0 spiro atoms. The van der Waals surface area contributed by atoms with Crippen LogP contribution in [0.5, 0.6) is 5.75 Å². The van der Waals surface area contributed by atoms with Crippen LogP contribution < -0.4 is 10.1 Å². The fraction of sp³-hybridized carbons (Fsp3) is 0.462. The zero-order valence-electron chi connectivity index (χ0n) is 12.1. The second-order valence-electron chi connectivity index (χ2n) is 4.45. The summed E-state index contributed by atoms with van der Waals surface area (Å²) in [7, 11) is 3.09. The van der Waals surface area contributed by atoms with E-state index in [9.17, 15) is 13.2 Å².